The summed E-state index contributed by atoms with van der Waals surface area (Å²) in [5.41, 5.74) is 1.05. The first-order chi connectivity index (χ1) is 10.2. The number of piperidine rings is 1. The first kappa shape index (κ1) is 18.8. The average molecular weight is 327 g/mol. The van der Waals surface area contributed by atoms with Crippen LogP contribution in [-0.2, 0) is 11.3 Å². The van der Waals surface area contributed by atoms with E-state index in [9.17, 15) is 4.79 Å². The fourth-order valence-corrected chi connectivity index (χ4v) is 2.87. The lowest BCUT2D eigenvalue weighted by Gasteiger charge is -2.24. The van der Waals surface area contributed by atoms with Gasteiger partial charge in [-0.2, -0.15) is 0 Å². The van der Waals surface area contributed by atoms with E-state index in [1.54, 1.807) is 12.0 Å². The number of benzene rings is 1. The smallest absolute Gasteiger partial charge is 0.222 e. The van der Waals surface area contributed by atoms with Gasteiger partial charge < -0.3 is 15.0 Å². The minimum absolute atomic E-state index is 0. The van der Waals surface area contributed by atoms with Crippen LogP contribution >= 0.6 is 12.4 Å². The van der Waals surface area contributed by atoms with E-state index in [1.807, 2.05) is 31.3 Å². The summed E-state index contributed by atoms with van der Waals surface area (Å²) in [7, 11) is 3.54. The lowest BCUT2D eigenvalue weighted by atomic mass is 9.93. The molecular formula is C17H27ClN2O2. The van der Waals surface area contributed by atoms with Crippen molar-refractivity contribution in [3.8, 4) is 5.75 Å². The summed E-state index contributed by atoms with van der Waals surface area (Å²) >= 11 is 0. The maximum atomic E-state index is 12.3. The zero-order valence-electron chi connectivity index (χ0n) is 13.5. The molecule has 22 heavy (non-hydrogen) atoms. The first-order valence-electron chi connectivity index (χ1n) is 7.77. The number of nitrogens with one attached hydrogen (secondary N) is 1. The fraction of sp³-hybridized carbons (Fsp3) is 0.588. The molecule has 0 aromatic heterocycles. The summed E-state index contributed by atoms with van der Waals surface area (Å²) in [6.45, 7) is 2.79. The monoisotopic (exact) mass is 326 g/mol. The van der Waals surface area contributed by atoms with E-state index in [-0.39, 0.29) is 18.3 Å². The topological polar surface area (TPSA) is 41.6 Å². The third-order valence-corrected chi connectivity index (χ3v) is 4.25. The first-order valence-corrected chi connectivity index (χ1v) is 7.77. The quantitative estimate of drug-likeness (QED) is 0.874. The molecule has 1 aromatic carbocycles. The van der Waals surface area contributed by atoms with E-state index >= 15 is 0 Å². The molecule has 5 heteroatoms. The molecule has 0 unspecified atom stereocenters. The Hall–Kier alpha value is -1.26. The summed E-state index contributed by atoms with van der Waals surface area (Å²) in [5, 5.41) is 3.36. The number of halogens is 1. The van der Waals surface area contributed by atoms with Crippen LogP contribution in [0.4, 0.5) is 0 Å². The second kappa shape index (κ2) is 9.70. The van der Waals surface area contributed by atoms with Crippen molar-refractivity contribution in [3.05, 3.63) is 29.8 Å². The Kier molecular flexibility index (Phi) is 8.28. The van der Waals surface area contributed by atoms with E-state index in [0.29, 0.717) is 18.9 Å². The Morgan fingerprint density at radius 1 is 1.32 bits per heavy atom. The molecule has 0 spiro atoms. The predicted octanol–water partition coefficient (Wildman–Crippen LogP) is 2.86. The fourth-order valence-electron chi connectivity index (χ4n) is 2.87. The van der Waals surface area contributed by atoms with Crippen LogP contribution in [0.25, 0.3) is 0 Å². The summed E-state index contributed by atoms with van der Waals surface area (Å²) in [5.74, 6) is 1.77. The Labute approximate surface area is 139 Å². The second-order valence-corrected chi connectivity index (χ2v) is 5.79. The normalized spacial score (nSPS) is 15.0. The summed E-state index contributed by atoms with van der Waals surface area (Å²) in [6.07, 6.45) is 4.06. The highest BCUT2D eigenvalue weighted by Gasteiger charge is 2.17. The van der Waals surface area contributed by atoms with Gasteiger partial charge in [0, 0.05) is 25.6 Å². The van der Waals surface area contributed by atoms with Crippen LogP contribution in [0, 0.1) is 5.92 Å². The van der Waals surface area contributed by atoms with Crippen LogP contribution in [0.2, 0.25) is 0 Å². The van der Waals surface area contributed by atoms with Crippen molar-refractivity contribution in [1.29, 1.82) is 0 Å². The molecule has 1 saturated heterocycles. The van der Waals surface area contributed by atoms with Crippen LogP contribution < -0.4 is 10.1 Å². The number of para-hydroxylation sites is 1. The van der Waals surface area contributed by atoms with Gasteiger partial charge in [-0.3, -0.25) is 4.79 Å². The molecule has 1 aliphatic rings. The lowest BCUT2D eigenvalue weighted by Crippen LogP contribution is -2.30. The van der Waals surface area contributed by atoms with E-state index in [1.165, 1.54) is 12.8 Å². The molecule has 1 aromatic rings. The van der Waals surface area contributed by atoms with E-state index < -0.39 is 0 Å². The number of hydrogen-bond donors (Lipinski definition) is 1. The van der Waals surface area contributed by atoms with Gasteiger partial charge >= 0.3 is 0 Å². The van der Waals surface area contributed by atoms with E-state index in [4.69, 9.17) is 4.74 Å². The summed E-state index contributed by atoms with van der Waals surface area (Å²) in [4.78, 5) is 14.1. The number of carbonyl (C=O) groups excluding carboxylic acids is 1. The third-order valence-electron chi connectivity index (χ3n) is 4.25. The maximum Gasteiger partial charge on any atom is 0.222 e. The number of carbonyl (C=O) groups is 1. The van der Waals surface area contributed by atoms with Crippen molar-refractivity contribution in [2.24, 2.45) is 5.92 Å². The van der Waals surface area contributed by atoms with Crippen molar-refractivity contribution in [2.45, 2.75) is 32.2 Å². The van der Waals surface area contributed by atoms with Crippen LogP contribution in [0.15, 0.2) is 24.3 Å². The van der Waals surface area contributed by atoms with Gasteiger partial charge in [-0.1, -0.05) is 18.2 Å². The highest BCUT2D eigenvalue weighted by molar-refractivity contribution is 5.85. The molecule has 1 aliphatic heterocycles. The van der Waals surface area contributed by atoms with E-state index in [2.05, 4.69) is 5.32 Å². The van der Waals surface area contributed by atoms with Crippen molar-refractivity contribution in [3.63, 3.8) is 0 Å². The molecule has 0 radical (unpaired) electrons. The molecular weight excluding hydrogens is 300 g/mol. The third kappa shape index (κ3) is 5.50. The Morgan fingerprint density at radius 3 is 2.68 bits per heavy atom. The lowest BCUT2D eigenvalue weighted by molar-refractivity contribution is -0.130. The Bertz CT molecular complexity index is 462. The maximum absolute atomic E-state index is 12.3. The van der Waals surface area contributed by atoms with Crippen molar-refractivity contribution in [2.75, 3.05) is 27.2 Å². The second-order valence-electron chi connectivity index (χ2n) is 5.79. The molecule has 1 heterocycles. The van der Waals surface area contributed by atoms with Gasteiger partial charge in [-0.05, 0) is 44.3 Å². The van der Waals surface area contributed by atoms with Gasteiger partial charge in [-0.25, -0.2) is 0 Å². The zero-order chi connectivity index (χ0) is 15.1. The molecule has 0 aliphatic carbocycles. The SMILES string of the molecule is COc1ccccc1CN(C)C(=O)CCC1CCNCC1.Cl. The van der Waals surface area contributed by atoms with Gasteiger partial charge in [0.2, 0.25) is 5.91 Å². The number of nitrogens with zero attached hydrogens (tertiary/aromatic N) is 1. The molecule has 4 nitrogen and oxygen atoms in total. The van der Waals surface area contributed by atoms with Gasteiger partial charge in [0.15, 0.2) is 0 Å². The average Bonchev–Trinajstić information content (AvgIpc) is 2.54. The molecule has 1 amide bonds. The van der Waals surface area contributed by atoms with Crippen LogP contribution in [-0.4, -0.2) is 38.1 Å². The number of methoxy groups -OCH3 is 1. The summed E-state index contributed by atoms with van der Waals surface area (Å²) < 4.78 is 5.34. The molecule has 0 atom stereocenters. The Morgan fingerprint density at radius 2 is 2.00 bits per heavy atom. The zero-order valence-corrected chi connectivity index (χ0v) is 14.3. The van der Waals surface area contributed by atoms with Gasteiger partial charge in [0.05, 0.1) is 7.11 Å². The molecule has 1 N–H and O–H groups in total. The van der Waals surface area contributed by atoms with Crippen molar-refractivity contribution in [1.82, 2.24) is 10.2 Å². The van der Waals surface area contributed by atoms with Crippen LogP contribution in [0.1, 0.15) is 31.2 Å². The molecule has 124 valence electrons. The minimum Gasteiger partial charge on any atom is -0.496 e. The molecule has 0 saturated carbocycles. The van der Waals surface area contributed by atoms with Gasteiger partial charge in [0.25, 0.3) is 0 Å². The molecule has 0 bridgehead atoms. The molecule has 2 rings (SSSR count). The Balaban J connectivity index is 0.00000242. The number of hydrogen-bond acceptors (Lipinski definition) is 3. The minimum atomic E-state index is 0. The standard InChI is InChI=1S/C17H26N2O2.ClH/c1-19(13-15-5-3-4-6-16(15)21-2)17(20)8-7-14-9-11-18-12-10-14;/h3-6,14,18H,7-13H2,1-2H3;1H. The number of amides is 1. The number of rotatable bonds is 6. The van der Waals surface area contributed by atoms with E-state index in [0.717, 1.165) is 30.8 Å². The van der Waals surface area contributed by atoms with Crippen molar-refractivity contribution >= 4 is 18.3 Å². The van der Waals surface area contributed by atoms with Gasteiger partial charge in [-0.15, -0.1) is 12.4 Å². The molecule has 1 fully saturated rings. The highest BCUT2D eigenvalue weighted by Crippen LogP contribution is 2.21. The predicted molar refractivity (Wildman–Crippen MR) is 91.5 cm³/mol. The summed E-state index contributed by atoms with van der Waals surface area (Å²) in [6, 6.07) is 7.87. The number of ether oxygens (including phenoxy) is 1. The largest absolute Gasteiger partial charge is 0.496 e. The van der Waals surface area contributed by atoms with Crippen molar-refractivity contribution < 1.29 is 9.53 Å². The van der Waals surface area contributed by atoms with Gasteiger partial charge in [0.1, 0.15) is 5.75 Å². The van der Waals surface area contributed by atoms with Crippen LogP contribution in [0.5, 0.6) is 5.75 Å². The van der Waals surface area contributed by atoms with Crippen LogP contribution in [0.3, 0.4) is 0 Å². The highest BCUT2D eigenvalue weighted by atomic mass is 35.5.